The molecule has 2 fully saturated rings. The van der Waals surface area contributed by atoms with Crippen LogP contribution in [-0.2, 0) is 11.2 Å². The Hall–Kier alpha value is -3.79. The quantitative estimate of drug-likeness (QED) is 0.413. The largest absolute Gasteiger partial charge is 0.393 e. The van der Waals surface area contributed by atoms with E-state index in [1.165, 1.54) is 12.1 Å². The minimum Gasteiger partial charge on any atom is -0.393 e. The number of anilines is 2. The molecular weight excluding hydrogens is 449 g/mol. The van der Waals surface area contributed by atoms with Crippen molar-refractivity contribution in [3.63, 3.8) is 0 Å². The first-order chi connectivity index (χ1) is 16.9. The number of hydrogen-bond acceptors (Lipinski definition) is 7. The van der Waals surface area contributed by atoms with Crippen molar-refractivity contribution in [2.45, 2.75) is 50.7 Å². The van der Waals surface area contributed by atoms with Gasteiger partial charge in [-0.1, -0.05) is 18.7 Å². The highest BCUT2D eigenvalue weighted by atomic mass is 19.1. The van der Waals surface area contributed by atoms with Crippen LogP contribution in [0.3, 0.4) is 0 Å². The van der Waals surface area contributed by atoms with Gasteiger partial charge >= 0.3 is 0 Å². The van der Waals surface area contributed by atoms with Gasteiger partial charge < -0.3 is 21.1 Å². The molecule has 1 amide bonds. The summed E-state index contributed by atoms with van der Waals surface area (Å²) < 4.78 is 15.2. The van der Waals surface area contributed by atoms with Gasteiger partial charge in [0, 0.05) is 23.8 Å². The minimum absolute atomic E-state index is 0.0890. The van der Waals surface area contributed by atoms with Crippen molar-refractivity contribution < 1.29 is 14.3 Å². The van der Waals surface area contributed by atoms with Gasteiger partial charge in [0.25, 0.3) is 0 Å². The summed E-state index contributed by atoms with van der Waals surface area (Å²) in [5, 5.41) is 23.7. The van der Waals surface area contributed by atoms with Crippen LogP contribution in [-0.4, -0.2) is 49.3 Å². The number of nitrogens with zero attached hydrogens (tertiary/aromatic N) is 4. The van der Waals surface area contributed by atoms with Crippen LogP contribution in [0.5, 0.6) is 0 Å². The van der Waals surface area contributed by atoms with E-state index in [1.54, 1.807) is 16.8 Å². The first-order valence-electron chi connectivity index (χ1n) is 11.8. The molecule has 0 unspecified atom stereocenters. The molecule has 1 saturated heterocycles. The molecule has 9 nitrogen and oxygen atoms in total. The zero-order valence-electron chi connectivity index (χ0n) is 19.3. The van der Waals surface area contributed by atoms with Crippen LogP contribution in [0.4, 0.5) is 16.3 Å². The maximum Gasteiger partial charge on any atom is 0.229 e. The second kappa shape index (κ2) is 9.83. The molecule has 1 aromatic carbocycles. The normalized spacial score (nSPS) is 21.5. The lowest BCUT2D eigenvalue weighted by Crippen LogP contribution is -2.29. The second-order valence-electron chi connectivity index (χ2n) is 9.04. The molecule has 3 aromatic rings. The molecule has 182 valence electrons. The third-order valence-corrected chi connectivity index (χ3v) is 6.37. The molecular formula is C25H28FN7O2. The lowest BCUT2D eigenvalue weighted by Gasteiger charge is -2.26. The van der Waals surface area contributed by atoms with Crippen LogP contribution in [0.25, 0.3) is 11.7 Å². The standard InChI is InChI=1S/C25H28FN7O2/c1-15-17(13-22(35)29-15)12-18-14-28-33-23(18)31-24(30-20-5-7-21(34)8-6-20)32-25(33)27-10-9-16-3-2-4-19(26)11-16/h2-4,11-12,14,20-21,34H,1,5-10,13H2,(H,29,35)(H2,27,30,31,32)/b17-12+/t20-,21-. The van der Waals surface area contributed by atoms with Crippen molar-refractivity contribution in [3.8, 4) is 0 Å². The van der Waals surface area contributed by atoms with Gasteiger partial charge in [0.2, 0.25) is 17.8 Å². The number of carbonyl (C=O) groups is 1. The van der Waals surface area contributed by atoms with Crippen molar-refractivity contribution in [1.29, 1.82) is 0 Å². The highest BCUT2D eigenvalue weighted by Crippen LogP contribution is 2.25. The third kappa shape index (κ3) is 5.32. The first kappa shape index (κ1) is 23.0. The number of carbonyl (C=O) groups excluding carboxylic acids is 1. The molecule has 0 radical (unpaired) electrons. The van der Waals surface area contributed by atoms with Crippen molar-refractivity contribution in [2.75, 3.05) is 17.2 Å². The Balaban J connectivity index is 1.43. The van der Waals surface area contributed by atoms with Crippen molar-refractivity contribution in [1.82, 2.24) is 24.9 Å². The summed E-state index contributed by atoms with van der Waals surface area (Å²) in [6.07, 6.45) is 7.33. The Morgan fingerprint density at radius 1 is 1.26 bits per heavy atom. The van der Waals surface area contributed by atoms with Gasteiger partial charge in [0.15, 0.2) is 5.65 Å². The molecule has 2 aromatic heterocycles. The fourth-order valence-corrected chi connectivity index (χ4v) is 4.49. The third-order valence-electron chi connectivity index (χ3n) is 6.37. The summed E-state index contributed by atoms with van der Waals surface area (Å²) in [5.74, 6) is 0.622. The maximum absolute atomic E-state index is 13.5. The molecule has 2 aliphatic rings. The van der Waals surface area contributed by atoms with E-state index in [0.717, 1.165) is 42.4 Å². The molecule has 4 N–H and O–H groups in total. The summed E-state index contributed by atoms with van der Waals surface area (Å²) in [6.45, 7) is 4.43. The summed E-state index contributed by atoms with van der Waals surface area (Å²) in [4.78, 5) is 21.1. The Kier molecular flexibility index (Phi) is 6.45. The molecule has 1 aliphatic carbocycles. The van der Waals surface area contributed by atoms with E-state index < -0.39 is 0 Å². The molecule has 1 saturated carbocycles. The smallest absolute Gasteiger partial charge is 0.229 e. The molecule has 1 aliphatic heterocycles. The van der Waals surface area contributed by atoms with Crippen LogP contribution >= 0.6 is 0 Å². The average molecular weight is 478 g/mol. The molecule has 35 heavy (non-hydrogen) atoms. The van der Waals surface area contributed by atoms with E-state index in [4.69, 9.17) is 4.98 Å². The number of aliphatic hydroxyl groups is 1. The van der Waals surface area contributed by atoms with E-state index in [2.05, 4.69) is 32.6 Å². The van der Waals surface area contributed by atoms with Crippen LogP contribution in [0, 0.1) is 5.82 Å². The lowest BCUT2D eigenvalue weighted by molar-refractivity contribution is -0.118. The SMILES string of the molecule is C=C1NC(=O)C/C1=C\c1cnn2c(NCCc3cccc(F)c3)nc(N[C@H]3CC[C@H](O)CC3)nc12. The Morgan fingerprint density at radius 2 is 2.09 bits per heavy atom. The molecule has 0 spiro atoms. The van der Waals surface area contributed by atoms with Gasteiger partial charge in [0.05, 0.1) is 18.7 Å². The van der Waals surface area contributed by atoms with E-state index >= 15 is 0 Å². The molecule has 0 atom stereocenters. The highest BCUT2D eigenvalue weighted by molar-refractivity contribution is 5.89. The second-order valence-corrected chi connectivity index (χ2v) is 9.04. The van der Waals surface area contributed by atoms with Gasteiger partial charge in [-0.15, -0.1) is 0 Å². The van der Waals surface area contributed by atoms with E-state index in [0.29, 0.717) is 36.2 Å². The fourth-order valence-electron chi connectivity index (χ4n) is 4.49. The Labute approximate surface area is 202 Å². The number of hydrogen-bond donors (Lipinski definition) is 4. The molecule has 0 bridgehead atoms. The number of rotatable bonds is 7. The fraction of sp³-hybridized carbons (Fsp3) is 0.360. The van der Waals surface area contributed by atoms with Crippen LogP contribution < -0.4 is 16.0 Å². The number of fused-ring (bicyclic) bond motifs is 1. The van der Waals surface area contributed by atoms with Gasteiger partial charge in [0.1, 0.15) is 5.82 Å². The number of amides is 1. The number of benzene rings is 1. The average Bonchev–Trinajstić information content (AvgIpc) is 3.37. The summed E-state index contributed by atoms with van der Waals surface area (Å²) >= 11 is 0. The van der Waals surface area contributed by atoms with Gasteiger partial charge in [-0.2, -0.15) is 19.6 Å². The zero-order valence-corrected chi connectivity index (χ0v) is 19.3. The first-order valence-corrected chi connectivity index (χ1v) is 11.8. The number of aliphatic hydroxyl groups excluding tert-OH is 1. The van der Waals surface area contributed by atoms with Crippen LogP contribution in [0.15, 0.2) is 48.3 Å². The predicted molar refractivity (Wildman–Crippen MR) is 131 cm³/mol. The van der Waals surface area contributed by atoms with Crippen LogP contribution in [0.1, 0.15) is 43.2 Å². The number of aromatic nitrogens is 4. The minimum atomic E-state index is -0.262. The maximum atomic E-state index is 13.5. The van der Waals surface area contributed by atoms with Gasteiger partial charge in [-0.05, 0) is 61.4 Å². The van der Waals surface area contributed by atoms with Crippen molar-refractivity contribution in [2.24, 2.45) is 0 Å². The number of allylic oxidation sites excluding steroid dienone is 1. The number of nitrogens with one attached hydrogen (secondary N) is 3. The lowest BCUT2D eigenvalue weighted by atomic mass is 9.93. The van der Waals surface area contributed by atoms with Crippen molar-refractivity contribution in [3.05, 3.63) is 65.3 Å². The van der Waals surface area contributed by atoms with E-state index in [-0.39, 0.29) is 30.3 Å². The van der Waals surface area contributed by atoms with Gasteiger partial charge in [-0.3, -0.25) is 4.79 Å². The number of halogens is 1. The Morgan fingerprint density at radius 3 is 2.83 bits per heavy atom. The van der Waals surface area contributed by atoms with Crippen LogP contribution in [0.2, 0.25) is 0 Å². The molecule has 10 heteroatoms. The highest BCUT2D eigenvalue weighted by Gasteiger charge is 2.22. The summed E-state index contributed by atoms with van der Waals surface area (Å²) in [6, 6.07) is 6.69. The topological polar surface area (TPSA) is 116 Å². The summed E-state index contributed by atoms with van der Waals surface area (Å²) in [5.41, 5.74) is 3.59. The van der Waals surface area contributed by atoms with E-state index in [9.17, 15) is 14.3 Å². The predicted octanol–water partition coefficient (Wildman–Crippen LogP) is 3.05. The van der Waals surface area contributed by atoms with Crippen molar-refractivity contribution >= 4 is 29.5 Å². The monoisotopic (exact) mass is 477 g/mol. The van der Waals surface area contributed by atoms with E-state index in [1.807, 2.05) is 12.1 Å². The molecule has 3 heterocycles. The van der Waals surface area contributed by atoms with Gasteiger partial charge in [-0.25, -0.2) is 4.39 Å². The Bertz CT molecular complexity index is 1290. The zero-order chi connectivity index (χ0) is 24.4. The summed E-state index contributed by atoms with van der Waals surface area (Å²) in [7, 11) is 0. The molecule has 5 rings (SSSR count).